The lowest BCUT2D eigenvalue weighted by molar-refractivity contribution is -0.132. The summed E-state index contributed by atoms with van der Waals surface area (Å²) in [4.78, 5) is 11.1. The Balaban J connectivity index is 2.47. The van der Waals surface area contributed by atoms with E-state index in [9.17, 15) is 4.79 Å². The van der Waals surface area contributed by atoms with E-state index < -0.39 is 5.97 Å². The normalized spacial score (nSPS) is 16.3. The van der Waals surface area contributed by atoms with Crippen LogP contribution < -0.4 is 5.32 Å². The van der Waals surface area contributed by atoms with E-state index in [0.29, 0.717) is 18.5 Å². The van der Waals surface area contributed by atoms with E-state index in [-0.39, 0.29) is 0 Å². The lowest BCUT2D eigenvalue weighted by Gasteiger charge is -2.19. The summed E-state index contributed by atoms with van der Waals surface area (Å²) in [5, 5.41) is 12.3. The van der Waals surface area contributed by atoms with Gasteiger partial charge in [0.2, 0.25) is 0 Å². The summed E-state index contributed by atoms with van der Waals surface area (Å²) in [7, 11) is 0. The molecular weight excluding hydrogens is 270 g/mol. The van der Waals surface area contributed by atoms with E-state index in [0.717, 1.165) is 22.2 Å². The van der Waals surface area contributed by atoms with Crippen LogP contribution in [0.1, 0.15) is 12.0 Å². The molecule has 84 valence electrons. The topological polar surface area (TPSA) is 49.3 Å². The van der Waals surface area contributed by atoms with Gasteiger partial charge in [0.25, 0.3) is 0 Å². The summed E-state index contributed by atoms with van der Waals surface area (Å²) in [5.41, 5.74) is 2.39. The number of carboxylic acid groups (broad SMARTS) is 1. The second-order valence-electron chi connectivity index (χ2n) is 3.70. The van der Waals surface area contributed by atoms with Crippen molar-refractivity contribution in [1.29, 1.82) is 0 Å². The Hall–Kier alpha value is -1.13. The van der Waals surface area contributed by atoms with Crippen LogP contribution in [0.4, 0.5) is 0 Å². The number of rotatable bonds is 2. The van der Waals surface area contributed by atoms with Gasteiger partial charge in [-0.25, -0.2) is 4.79 Å². The molecule has 0 aliphatic carbocycles. The standard InChI is InChI=1S/C12H12BrNO2/c13-9-3-1-2-8(6-9)11-7-14-5-4-10(11)12(15)16/h1-3,6,14H,4-5,7H2,(H,15,16). The Morgan fingerprint density at radius 2 is 2.25 bits per heavy atom. The Kier molecular flexibility index (Phi) is 3.41. The van der Waals surface area contributed by atoms with Crippen LogP contribution in [0, 0.1) is 0 Å². The van der Waals surface area contributed by atoms with E-state index in [4.69, 9.17) is 5.11 Å². The maximum absolute atomic E-state index is 11.1. The predicted molar refractivity (Wildman–Crippen MR) is 66.2 cm³/mol. The van der Waals surface area contributed by atoms with Crippen LogP contribution in [0.25, 0.3) is 5.57 Å². The van der Waals surface area contributed by atoms with Crippen molar-refractivity contribution in [2.24, 2.45) is 0 Å². The first-order valence-corrected chi connectivity index (χ1v) is 5.90. The van der Waals surface area contributed by atoms with Gasteiger partial charge in [0.1, 0.15) is 0 Å². The zero-order valence-corrected chi connectivity index (χ0v) is 10.3. The molecule has 0 fully saturated rings. The molecule has 0 saturated heterocycles. The molecule has 0 amide bonds. The van der Waals surface area contributed by atoms with E-state index in [1.807, 2.05) is 24.3 Å². The first-order valence-electron chi connectivity index (χ1n) is 5.10. The molecule has 2 rings (SSSR count). The number of nitrogens with one attached hydrogen (secondary N) is 1. The Labute approximate surface area is 102 Å². The van der Waals surface area contributed by atoms with Crippen molar-refractivity contribution in [1.82, 2.24) is 5.32 Å². The minimum absolute atomic E-state index is 0.525. The molecule has 1 aromatic rings. The highest BCUT2D eigenvalue weighted by Gasteiger charge is 2.19. The van der Waals surface area contributed by atoms with Crippen LogP contribution in [0.3, 0.4) is 0 Å². The number of halogens is 1. The molecule has 0 unspecified atom stereocenters. The molecule has 16 heavy (non-hydrogen) atoms. The van der Waals surface area contributed by atoms with Gasteiger partial charge in [-0.3, -0.25) is 0 Å². The summed E-state index contributed by atoms with van der Waals surface area (Å²) >= 11 is 3.40. The molecule has 0 bridgehead atoms. The molecule has 1 aliphatic heterocycles. The average Bonchev–Trinajstić information content (AvgIpc) is 2.29. The van der Waals surface area contributed by atoms with E-state index >= 15 is 0 Å². The number of carbonyl (C=O) groups is 1. The van der Waals surface area contributed by atoms with Gasteiger partial charge in [-0.15, -0.1) is 0 Å². The van der Waals surface area contributed by atoms with Gasteiger partial charge < -0.3 is 10.4 Å². The molecule has 1 heterocycles. The molecule has 0 spiro atoms. The number of hydrogen-bond acceptors (Lipinski definition) is 2. The summed E-state index contributed by atoms with van der Waals surface area (Å²) in [6.07, 6.45) is 0.581. The third-order valence-corrected chi connectivity index (χ3v) is 3.14. The lowest BCUT2D eigenvalue weighted by Crippen LogP contribution is -2.27. The Morgan fingerprint density at radius 3 is 2.94 bits per heavy atom. The monoisotopic (exact) mass is 281 g/mol. The van der Waals surface area contributed by atoms with Gasteiger partial charge in [0.15, 0.2) is 0 Å². The molecule has 1 aliphatic rings. The molecule has 4 heteroatoms. The quantitative estimate of drug-likeness (QED) is 0.875. The highest BCUT2D eigenvalue weighted by molar-refractivity contribution is 9.10. The highest BCUT2D eigenvalue weighted by atomic mass is 79.9. The fourth-order valence-electron chi connectivity index (χ4n) is 1.87. The van der Waals surface area contributed by atoms with E-state index in [2.05, 4.69) is 21.2 Å². The molecule has 0 atom stereocenters. The highest BCUT2D eigenvalue weighted by Crippen LogP contribution is 2.25. The number of aliphatic carboxylic acids is 1. The van der Waals surface area contributed by atoms with Crippen LogP contribution in [0.5, 0.6) is 0 Å². The van der Waals surface area contributed by atoms with E-state index in [1.54, 1.807) is 0 Å². The zero-order valence-electron chi connectivity index (χ0n) is 8.66. The number of carboxylic acids is 1. The third kappa shape index (κ3) is 2.33. The Bertz CT molecular complexity index is 454. The van der Waals surface area contributed by atoms with Gasteiger partial charge >= 0.3 is 5.97 Å². The largest absolute Gasteiger partial charge is 0.478 e. The van der Waals surface area contributed by atoms with Gasteiger partial charge in [-0.1, -0.05) is 28.1 Å². The van der Waals surface area contributed by atoms with Crippen LogP contribution in [0.15, 0.2) is 34.3 Å². The van der Waals surface area contributed by atoms with Crippen LogP contribution in [-0.4, -0.2) is 24.2 Å². The Morgan fingerprint density at radius 1 is 1.44 bits per heavy atom. The minimum Gasteiger partial charge on any atom is -0.478 e. The molecule has 1 aromatic carbocycles. The first-order chi connectivity index (χ1) is 7.68. The van der Waals surface area contributed by atoms with Crippen molar-refractivity contribution in [3.8, 4) is 0 Å². The maximum atomic E-state index is 11.1. The molecule has 0 radical (unpaired) electrons. The molecule has 0 saturated carbocycles. The second-order valence-corrected chi connectivity index (χ2v) is 4.62. The number of hydrogen-bond donors (Lipinski definition) is 2. The molecular formula is C12H12BrNO2. The third-order valence-electron chi connectivity index (χ3n) is 2.65. The summed E-state index contributed by atoms with van der Waals surface area (Å²) < 4.78 is 0.966. The van der Waals surface area contributed by atoms with Crippen molar-refractivity contribution in [3.05, 3.63) is 39.9 Å². The van der Waals surface area contributed by atoms with E-state index in [1.165, 1.54) is 0 Å². The van der Waals surface area contributed by atoms with Crippen LogP contribution >= 0.6 is 15.9 Å². The van der Waals surface area contributed by atoms with Crippen molar-refractivity contribution < 1.29 is 9.90 Å². The van der Waals surface area contributed by atoms with Gasteiger partial charge in [-0.2, -0.15) is 0 Å². The predicted octanol–water partition coefficient (Wildman–Crippen LogP) is 2.28. The fourth-order valence-corrected chi connectivity index (χ4v) is 2.27. The molecule has 0 aromatic heterocycles. The van der Waals surface area contributed by atoms with Crippen LogP contribution in [0.2, 0.25) is 0 Å². The van der Waals surface area contributed by atoms with Crippen molar-refractivity contribution >= 4 is 27.5 Å². The minimum atomic E-state index is -0.809. The number of benzene rings is 1. The fraction of sp³-hybridized carbons (Fsp3) is 0.250. The summed E-state index contributed by atoms with van der Waals surface area (Å²) in [5.74, 6) is -0.809. The second kappa shape index (κ2) is 4.80. The smallest absolute Gasteiger partial charge is 0.331 e. The SMILES string of the molecule is O=C(O)C1=C(c2cccc(Br)c2)CNCC1. The van der Waals surface area contributed by atoms with Crippen molar-refractivity contribution in [2.45, 2.75) is 6.42 Å². The van der Waals surface area contributed by atoms with Gasteiger partial charge in [0.05, 0.1) is 0 Å². The van der Waals surface area contributed by atoms with Gasteiger partial charge in [-0.05, 0) is 36.2 Å². The average molecular weight is 282 g/mol. The summed E-state index contributed by atoms with van der Waals surface area (Å²) in [6, 6.07) is 7.74. The van der Waals surface area contributed by atoms with Crippen molar-refractivity contribution in [2.75, 3.05) is 13.1 Å². The molecule has 2 N–H and O–H groups in total. The van der Waals surface area contributed by atoms with Gasteiger partial charge in [0, 0.05) is 16.6 Å². The first kappa shape index (κ1) is 11.4. The zero-order chi connectivity index (χ0) is 11.5. The van der Waals surface area contributed by atoms with Crippen LogP contribution in [-0.2, 0) is 4.79 Å². The molecule has 3 nitrogen and oxygen atoms in total. The maximum Gasteiger partial charge on any atom is 0.331 e. The van der Waals surface area contributed by atoms with Crippen molar-refractivity contribution in [3.63, 3.8) is 0 Å². The lowest BCUT2D eigenvalue weighted by atomic mass is 9.95. The summed E-state index contributed by atoms with van der Waals surface area (Å²) in [6.45, 7) is 1.36.